The standard InChI is InChI=1S/C26H29ClN6/c1-17-3-6-22(28-12-17)31-15-26(16-31)10-19(11-26)24-30-29-23-14-32(25(2)7-8-25)13-18-9-20(27)4-5-21(18)33(23)24/h3-6,9,12,19H,7-8,10-11,13-16H2,1-2H3. The highest BCUT2D eigenvalue weighted by molar-refractivity contribution is 6.30. The second-order valence-corrected chi connectivity index (χ2v) is 11.5. The highest BCUT2D eigenvalue weighted by atomic mass is 35.5. The summed E-state index contributed by atoms with van der Waals surface area (Å²) in [5.41, 5.74) is 4.39. The summed E-state index contributed by atoms with van der Waals surface area (Å²) in [4.78, 5) is 9.59. The van der Waals surface area contributed by atoms with E-state index in [4.69, 9.17) is 21.8 Å². The lowest BCUT2D eigenvalue weighted by Gasteiger charge is -2.59. The Morgan fingerprint density at radius 2 is 1.85 bits per heavy atom. The van der Waals surface area contributed by atoms with Gasteiger partial charge in [-0.3, -0.25) is 9.47 Å². The van der Waals surface area contributed by atoms with E-state index in [1.54, 1.807) is 0 Å². The minimum atomic E-state index is 0.279. The molecule has 3 fully saturated rings. The van der Waals surface area contributed by atoms with Crippen LogP contribution in [0.5, 0.6) is 0 Å². The summed E-state index contributed by atoms with van der Waals surface area (Å²) in [5.74, 6) is 3.77. The van der Waals surface area contributed by atoms with E-state index in [0.29, 0.717) is 11.3 Å². The van der Waals surface area contributed by atoms with Crippen LogP contribution < -0.4 is 4.90 Å². The molecule has 33 heavy (non-hydrogen) atoms. The molecule has 4 aliphatic rings. The molecule has 2 aliphatic heterocycles. The van der Waals surface area contributed by atoms with E-state index in [-0.39, 0.29) is 5.54 Å². The fourth-order valence-electron chi connectivity index (χ4n) is 6.17. The Kier molecular flexibility index (Phi) is 4.11. The molecule has 7 heteroatoms. The summed E-state index contributed by atoms with van der Waals surface area (Å²) >= 11 is 6.42. The Balaban J connectivity index is 1.15. The first kappa shape index (κ1) is 20.0. The largest absolute Gasteiger partial charge is 0.355 e. The lowest BCUT2D eigenvalue weighted by Crippen LogP contribution is -2.62. The highest BCUT2D eigenvalue weighted by Gasteiger charge is 2.54. The van der Waals surface area contributed by atoms with Crippen LogP contribution in [0.25, 0.3) is 5.69 Å². The Morgan fingerprint density at radius 1 is 1.03 bits per heavy atom. The van der Waals surface area contributed by atoms with E-state index in [1.807, 2.05) is 12.3 Å². The first-order valence-corrected chi connectivity index (χ1v) is 12.4. The highest BCUT2D eigenvalue weighted by Crippen LogP contribution is 2.56. The fourth-order valence-corrected chi connectivity index (χ4v) is 6.36. The third kappa shape index (κ3) is 3.14. The van der Waals surface area contributed by atoms with Gasteiger partial charge in [-0.2, -0.15) is 0 Å². The van der Waals surface area contributed by atoms with Crippen LogP contribution in [0.4, 0.5) is 5.82 Å². The number of halogens is 1. The van der Waals surface area contributed by atoms with E-state index in [1.165, 1.54) is 42.5 Å². The average Bonchev–Trinajstić information content (AvgIpc) is 3.40. The molecule has 6 nitrogen and oxygen atoms in total. The molecule has 2 aliphatic carbocycles. The Morgan fingerprint density at radius 3 is 2.58 bits per heavy atom. The first-order chi connectivity index (χ1) is 15.9. The zero-order chi connectivity index (χ0) is 22.4. The third-order valence-electron chi connectivity index (χ3n) is 8.46. The van der Waals surface area contributed by atoms with Crippen LogP contribution in [0.1, 0.15) is 61.3 Å². The van der Waals surface area contributed by atoms with Gasteiger partial charge in [-0.25, -0.2) is 4.98 Å². The molecule has 1 spiro atoms. The quantitative estimate of drug-likeness (QED) is 0.557. The molecule has 2 aromatic heterocycles. The van der Waals surface area contributed by atoms with Gasteiger partial charge in [-0.1, -0.05) is 17.7 Å². The van der Waals surface area contributed by atoms with Crippen molar-refractivity contribution >= 4 is 17.4 Å². The maximum absolute atomic E-state index is 6.42. The molecule has 1 saturated heterocycles. The topological polar surface area (TPSA) is 50.1 Å². The first-order valence-electron chi connectivity index (χ1n) is 12.1. The predicted octanol–water partition coefficient (Wildman–Crippen LogP) is 4.88. The second kappa shape index (κ2) is 6.80. The molecule has 0 amide bonds. The van der Waals surface area contributed by atoms with Crippen LogP contribution in [0.15, 0.2) is 36.5 Å². The van der Waals surface area contributed by atoms with Gasteiger partial charge in [0.15, 0.2) is 5.82 Å². The van der Waals surface area contributed by atoms with Crippen molar-refractivity contribution in [1.82, 2.24) is 24.6 Å². The van der Waals surface area contributed by atoms with Crippen LogP contribution in [0, 0.1) is 12.3 Å². The van der Waals surface area contributed by atoms with Crippen molar-refractivity contribution in [2.24, 2.45) is 5.41 Å². The number of aromatic nitrogens is 4. The molecule has 0 bridgehead atoms. The van der Waals surface area contributed by atoms with Crippen molar-refractivity contribution in [3.05, 3.63) is 64.3 Å². The number of benzene rings is 1. The van der Waals surface area contributed by atoms with E-state index < -0.39 is 0 Å². The molecule has 0 unspecified atom stereocenters. The summed E-state index contributed by atoms with van der Waals surface area (Å²) in [7, 11) is 0. The third-order valence-corrected chi connectivity index (χ3v) is 8.70. The summed E-state index contributed by atoms with van der Waals surface area (Å²) in [6.07, 6.45) is 6.82. The number of aryl methyl sites for hydroxylation is 1. The molecule has 0 N–H and O–H groups in total. The number of hydrogen-bond donors (Lipinski definition) is 0. The van der Waals surface area contributed by atoms with Gasteiger partial charge in [0.05, 0.1) is 12.2 Å². The minimum Gasteiger partial charge on any atom is -0.355 e. The van der Waals surface area contributed by atoms with E-state index in [0.717, 1.165) is 48.7 Å². The van der Waals surface area contributed by atoms with Gasteiger partial charge in [0.2, 0.25) is 0 Å². The van der Waals surface area contributed by atoms with Crippen LogP contribution in [-0.2, 0) is 13.1 Å². The molecule has 1 aromatic carbocycles. The normalized spacial score (nSPS) is 22.8. The smallest absolute Gasteiger partial charge is 0.151 e. The summed E-state index contributed by atoms with van der Waals surface area (Å²) < 4.78 is 2.35. The Hall–Kier alpha value is -2.44. The number of hydrogen-bond acceptors (Lipinski definition) is 5. The molecule has 0 atom stereocenters. The van der Waals surface area contributed by atoms with Gasteiger partial charge in [0.25, 0.3) is 0 Å². The van der Waals surface area contributed by atoms with Crippen molar-refractivity contribution in [1.29, 1.82) is 0 Å². The van der Waals surface area contributed by atoms with E-state index >= 15 is 0 Å². The Labute approximate surface area is 199 Å². The van der Waals surface area contributed by atoms with Crippen LogP contribution in [-0.4, -0.2) is 43.3 Å². The molecule has 4 heterocycles. The second-order valence-electron chi connectivity index (χ2n) is 11.1. The van der Waals surface area contributed by atoms with Crippen LogP contribution in [0.3, 0.4) is 0 Å². The predicted molar refractivity (Wildman–Crippen MR) is 129 cm³/mol. The molecular weight excluding hydrogens is 432 g/mol. The number of nitrogens with zero attached hydrogens (tertiary/aromatic N) is 6. The number of pyridine rings is 1. The van der Waals surface area contributed by atoms with Gasteiger partial charge in [-0.05, 0) is 74.9 Å². The van der Waals surface area contributed by atoms with Crippen LogP contribution >= 0.6 is 11.6 Å². The van der Waals surface area contributed by atoms with Crippen LogP contribution in [0.2, 0.25) is 5.02 Å². The number of fused-ring (bicyclic) bond motifs is 3. The molecular formula is C26H29ClN6. The van der Waals surface area contributed by atoms with Gasteiger partial charge in [-0.15, -0.1) is 10.2 Å². The van der Waals surface area contributed by atoms with Crippen molar-refractivity contribution in [3.8, 4) is 5.69 Å². The molecule has 7 rings (SSSR count). The van der Waals surface area contributed by atoms with Crippen molar-refractivity contribution < 1.29 is 0 Å². The lowest BCUT2D eigenvalue weighted by molar-refractivity contribution is 0.0581. The fraction of sp³-hybridized carbons (Fsp3) is 0.500. The van der Waals surface area contributed by atoms with Crippen molar-refractivity contribution in [2.45, 2.75) is 64.1 Å². The lowest BCUT2D eigenvalue weighted by atomic mass is 9.57. The van der Waals surface area contributed by atoms with Gasteiger partial charge >= 0.3 is 0 Å². The van der Waals surface area contributed by atoms with E-state index in [2.05, 4.69) is 57.5 Å². The molecule has 0 radical (unpaired) electrons. The SMILES string of the molecule is Cc1ccc(N2CC3(CC(c4nnc5n4-c4ccc(Cl)cc4CN(C4(C)CC4)C5)C3)C2)nc1. The zero-order valence-corrected chi connectivity index (χ0v) is 20.0. The number of anilines is 1. The van der Waals surface area contributed by atoms with Gasteiger partial charge < -0.3 is 4.90 Å². The molecule has 2 saturated carbocycles. The summed E-state index contributed by atoms with van der Waals surface area (Å²) in [6.45, 7) is 8.41. The van der Waals surface area contributed by atoms with Crippen molar-refractivity contribution in [2.75, 3.05) is 18.0 Å². The maximum atomic E-state index is 6.42. The summed E-state index contributed by atoms with van der Waals surface area (Å²) in [5, 5.41) is 10.3. The van der Waals surface area contributed by atoms with Gasteiger partial charge in [0.1, 0.15) is 11.6 Å². The van der Waals surface area contributed by atoms with E-state index in [9.17, 15) is 0 Å². The number of rotatable bonds is 3. The van der Waals surface area contributed by atoms with Crippen molar-refractivity contribution in [3.63, 3.8) is 0 Å². The maximum Gasteiger partial charge on any atom is 0.151 e. The molecule has 3 aromatic rings. The monoisotopic (exact) mass is 460 g/mol. The zero-order valence-electron chi connectivity index (χ0n) is 19.3. The molecule has 170 valence electrons. The minimum absolute atomic E-state index is 0.279. The average molecular weight is 461 g/mol. The summed E-state index contributed by atoms with van der Waals surface area (Å²) in [6, 6.07) is 10.6. The Bertz CT molecular complexity index is 1230. The van der Waals surface area contributed by atoms with Gasteiger partial charge in [0, 0.05) is 47.7 Å².